The predicted octanol–water partition coefficient (Wildman–Crippen LogP) is 2.67. The second-order valence-electron chi connectivity index (χ2n) is 5.36. The van der Waals surface area contributed by atoms with Gasteiger partial charge in [-0.05, 0) is 43.0 Å². The Hall–Kier alpha value is -2.04. The smallest absolute Gasteiger partial charge is 0.335 e. The minimum absolute atomic E-state index is 0.0278. The van der Waals surface area contributed by atoms with Crippen LogP contribution in [0.15, 0.2) is 24.3 Å². The summed E-state index contributed by atoms with van der Waals surface area (Å²) in [7, 11) is 1.72. The standard InChI is InChI=1S/C15H20N2O3/c1-11-7-9-17(10-8-11)15(20)16(2)13-5-3-12(4-6-13)14(18)19/h3-6,11H,7-10H2,1-2H3,(H,18,19). The van der Waals surface area contributed by atoms with Crippen LogP contribution in [0.2, 0.25) is 0 Å². The maximum atomic E-state index is 12.4. The van der Waals surface area contributed by atoms with Crippen LogP contribution in [0.1, 0.15) is 30.1 Å². The number of benzene rings is 1. The molecule has 0 radical (unpaired) electrons. The van der Waals surface area contributed by atoms with E-state index in [1.165, 1.54) is 12.1 Å². The Bertz CT molecular complexity index is 490. The molecule has 1 aromatic carbocycles. The molecule has 1 aromatic rings. The quantitative estimate of drug-likeness (QED) is 0.903. The summed E-state index contributed by atoms with van der Waals surface area (Å²) in [4.78, 5) is 26.6. The molecule has 1 heterocycles. The van der Waals surface area contributed by atoms with Gasteiger partial charge in [0.2, 0.25) is 0 Å². The molecule has 1 aliphatic heterocycles. The maximum Gasteiger partial charge on any atom is 0.335 e. The first kappa shape index (κ1) is 14.4. The highest BCUT2D eigenvalue weighted by atomic mass is 16.4. The number of hydrogen-bond acceptors (Lipinski definition) is 2. The third kappa shape index (κ3) is 3.10. The number of urea groups is 1. The fourth-order valence-corrected chi connectivity index (χ4v) is 2.35. The van der Waals surface area contributed by atoms with Crippen molar-refractivity contribution in [2.45, 2.75) is 19.8 Å². The third-order valence-electron chi connectivity index (χ3n) is 3.84. The normalized spacial score (nSPS) is 16.0. The zero-order valence-electron chi connectivity index (χ0n) is 11.9. The van der Waals surface area contributed by atoms with Gasteiger partial charge in [0.15, 0.2) is 0 Å². The molecule has 0 aliphatic carbocycles. The molecule has 0 saturated carbocycles. The number of carboxylic acid groups (broad SMARTS) is 1. The molecule has 1 N–H and O–H groups in total. The van der Waals surface area contributed by atoms with Crippen LogP contribution in [-0.4, -0.2) is 42.1 Å². The van der Waals surface area contributed by atoms with Crippen molar-refractivity contribution in [3.63, 3.8) is 0 Å². The molecule has 0 bridgehead atoms. The van der Waals surface area contributed by atoms with Crippen LogP contribution >= 0.6 is 0 Å². The highest BCUT2D eigenvalue weighted by Crippen LogP contribution is 2.20. The van der Waals surface area contributed by atoms with Crippen molar-refractivity contribution in [1.82, 2.24) is 4.90 Å². The van der Waals surface area contributed by atoms with Crippen LogP contribution in [0.5, 0.6) is 0 Å². The van der Waals surface area contributed by atoms with E-state index in [0.29, 0.717) is 11.6 Å². The number of carboxylic acids is 1. The Morgan fingerprint density at radius 3 is 2.25 bits per heavy atom. The topological polar surface area (TPSA) is 60.9 Å². The van der Waals surface area contributed by atoms with Crippen molar-refractivity contribution >= 4 is 17.7 Å². The minimum Gasteiger partial charge on any atom is -0.478 e. The Labute approximate surface area is 118 Å². The zero-order chi connectivity index (χ0) is 14.7. The second-order valence-corrected chi connectivity index (χ2v) is 5.36. The minimum atomic E-state index is -0.962. The number of likely N-dealkylation sites (tertiary alicyclic amines) is 1. The van der Waals surface area contributed by atoms with E-state index in [0.717, 1.165) is 25.9 Å². The van der Waals surface area contributed by atoms with E-state index in [4.69, 9.17) is 5.11 Å². The highest BCUT2D eigenvalue weighted by Gasteiger charge is 2.23. The van der Waals surface area contributed by atoms with Gasteiger partial charge in [0.1, 0.15) is 0 Å². The van der Waals surface area contributed by atoms with Gasteiger partial charge in [-0.1, -0.05) is 6.92 Å². The molecule has 0 unspecified atom stereocenters. The van der Waals surface area contributed by atoms with Gasteiger partial charge in [0.05, 0.1) is 5.56 Å². The van der Waals surface area contributed by atoms with Gasteiger partial charge in [0.25, 0.3) is 0 Å². The van der Waals surface area contributed by atoms with E-state index >= 15 is 0 Å². The number of aromatic carboxylic acids is 1. The second kappa shape index (κ2) is 5.94. The summed E-state index contributed by atoms with van der Waals surface area (Å²) in [6.07, 6.45) is 2.08. The molecule has 20 heavy (non-hydrogen) atoms. The summed E-state index contributed by atoms with van der Waals surface area (Å²) >= 11 is 0. The summed E-state index contributed by atoms with van der Waals surface area (Å²) in [5, 5.41) is 8.86. The molecule has 1 aliphatic rings. The van der Waals surface area contributed by atoms with Gasteiger partial charge in [-0.3, -0.25) is 4.90 Å². The van der Waals surface area contributed by atoms with Gasteiger partial charge >= 0.3 is 12.0 Å². The number of piperidine rings is 1. The lowest BCUT2D eigenvalue weighted by molar-refractivity contribution is 0.0697. The first-order valence-electron chi connectivity index (χ1n) is 6.85. The SMILES string of the molecule is CC1CCN(C(=O)N(C)c2ccc(C(=O)O)cc2)CC1. The number of amides is 2. The summed E-state index contributed by atoms with van der Waals surface area (Å²) in [6.45, 7) is 3.78. The van der Waals surface area contributed by atoms with Gasteiger partial charge in [-0.15, -0.1) is 0 Å². The lowest BCUT2D eigenvalue weighted by atomic mass is 9.99. The Morgan fingerprint density at radius 2 is 1.75 bits per heavy atom. The first-order chi connectivity index (χ1) is 9.49. The molecular formula is C15H20N2O3. The van der Waals surface area contributed by atoms with E-state index in [2.05, 4.69) is 6.92 Å². The monoisotopic (exact) mass is 276 g/mol. The molecule has 1 saturated heterocycles. The predicted molar refractivity (Wildman–Crippen MR) is 77.2 cm³/mol. The zero-order valence-corrected chi connectivity index (χ0v) is 11.9. The van der Waals surface area contributed by atoms with Crippen LogP contribution < -0.4 is 4.90 Å². The van der Waals surface area contributed by atoms with E-state index in [1.807, 2.05) is 4.90 Å². The Kier molecular flexibility index (Phi) is 4.27. The fourth-order valence-electron chi connectivity index (χ4n) is 2.35. The lowest BCUT2D eigenvalue weighted by Gasteiger charge is -2.33. The van der Waals surface area contributed by atoms with Crippen LogP contribution in [0, 0.1) is 5.92 Å². The van der Waals surface area contributed by atoms with Crippen LogP contribution in [-0.2, 0) is 0 Å². The molecule has 1 fully saturated rings. The average molecular weight is 276 g/mol. The van der Waals surface area contributed by atoms with Gasteiger partial charge < -0.3 is 10.0 Å². The number of anilines is 1. The van der Waals surface area contributed by atoms with Crippen LogP contribution in [0.4, 0.5) is 10.5 Å². The largest absolute Gasteiger partial charge is 0.478 e. The fraction of sp³-hybridized carbons (Fsp3) is 0.467. The van der Waals surface area contributed by atoms with E-state index in [-0.39, 0.29) is 11.6 Å². The number of carbonyl (C=O) groups excluding carboxylic acids is 1. The number of rotatable bonds is 2. The molecular weight excluding hydrogens is 256 g/mol. The third-order valence-corrected chi connectivity index (χ3v) is 3.84. The van der Waals surface area contributed by atoms with Crippen molar-refractivity contribution in [2.75, 3.05) is 25.0 Å². The Morgan fingerprint density at radius 1 is 1.20 bits per heavy atom. The van der Waals surface area contributed by atoms with Crippen LogP contribution in [0.3, 0.4) is 0 Å². The van der Waals surface area contributed by atoms with E-state index in [1.54, 1.807) is 24.1 Å². The maximum absolute atomic E-state index is 12.4. The molecule has 5 heteroatoms. The van der Waals surface area contributed by atoms with Crippen molar-refractivity contribution in [3.8, 4) is 0 Å². The number of hydrogen-bond donors (Lipinski definition) is 1. The van der Waals surface area contributed by atoms with Crippen LogP contribution in [0.25, 0.3) is 0 Å². The molecule has 5 nitrogen and oxygen atoms in total. The molecule has 0 aromatic heterocycles. The highest BCUT2D eigenvalue weighted by molar-refractivity contribution is 5.93. The van der Waals surface area contributed by atoms with Crippen molar-refractivity contribution < 1.29 is 14.7 Å². The Balaban J connectivity index is 2.04. The van der Waals surface area contributed by atoms with Crippen molar-refractivity contribution in [1.29, 1.82) is 0 Å². The molecule has 0 spiro atoms. The molecule has 2 amide bonds. The van der Waals surface area contributed by atoms with Crippen molar-refractivity contribution in [2.24, 2.45) is 5.92 Å². The number of carbonyl (C=O) groups is 2. The first-order valence-corrected chi connectivity index (χ1v) is 6.85. The lowest BCUT2D eigenvalue weighted by Crippen LogP contribution is -2.45. The summed E-state index contributed by atoms with van der Waals surface area (Å²) in [6, 6.07) is 6.32. The molecule has 2 rings (SSSR count). The molecule has 0 atom stereocenters. The summed E-state index contributed by atoms with van der Waals surface area (Å²) < 4.78 is 0. The van der Waals surface area contributed by atoms with Gasteiger partial charge in [-0.25, -0.2) is 9.59 Å². The summed E-state index contributed by atoms with van der Waals surface area (Å²) in [5.74, 6) is -0.283. The average Bonchev–Trinajstić information content (AvgIpc) is 2.46. The van der Waals surface area contributed by atoms with E-state index < -0.39 is 5.97 Å². The summed E-state index contributed by atoms with van der Waals surface area (Å²) in [5.41, 5.74) is 0.931. The van der Waals surface area contributed by atoms with Gasteiger partial charge in [-0.2, -0.15) is 0 Å². The van der Waals surface area contributed by atoms with Gasteiger partial charge in [0, 0.05) is 25.8 Å². The molecule has 108 valence electrons. The van der Waals surface area contributed by atoms with Crippen molar-refractivity contribution in [3.05, 3.63) is 29.8 Å². The van der Waals surface area contributed by atoms with E-state index in [9.17, 15) is 9.59 Å². The number of nitrogens with zero attached hydrogens (tertiary/aromatic N) is 2.